The standard InChI is InChI=1S/C19H14N2O4/c20-13(19(23)24)7-10-5-6-16-14(8-10)21-18-12-4-2-1-3-11(12)15(22)9-17(18)25-16/h1-6,8-9,13H,7,20H2,(H,23,24)/t13-/m0/s1. The van der Waals surface area contributed by atoms with Crippen molar-refractivity contribution in [1.29, 1.82) is 0 Å². The summed E-state index contributed by atoms with van der Waals surface area (Å²) in [4.78, 5) is 27.8. The van der Waals surface area contributed by atoms with Gasteiger partial charge in [-0.2, -0.15) is 0 Å². The average Bonchev–Trinajstić information content (AvgIpc) is 2.60. The molecular formula is C19H14N2O4. The SMILES string of the molecule is N[C@@H](Cc1ccc2oc3cc(=O)c4ccccc4c-3nc2c1)C(=O)O. The molecule has 2 aliphatic rings. The largest absolute Gasteiger partial charge is 0.480 e. The summed E-state index contributed by atoms with van der Waals surface area (Å²) in [6.07, 6.45) is 0.200. The summed E-state index contributed by atoms with van der Waals surface area (Å²) in [5.74, 6) is -0.628. The van der Waals surface area contributed by atoms with Gasteiger partial charge in [0.1, 0.15) is 17.3 Å². The molecule has 6 nitrogen and oxygen atoms in total. The number of hydrogen-bond donors (Lipinski definition) is 2. The van der Waals surface area contributed by atoms with Crippen molar-refractivity contribution in [2.75, 3.05) is 0 Å². The summed E-state index contributed by atoms with van der Waals surface area (Å²) in [6, 6.07) is 12.9. The maximum Gasteiger partial charge on any atom is 0.320 e. The summed E-state index contributed by atoms with van der Waals surface area (Å²) in [7, 11) is 0. The minimum Gasteiger partial charge on any atom is -0.480 e. The quantitative estimate of drug-likeness (QED) is 0.440. The average molecular weight is 334 g/mol. The van der Waals surface area contributed by atoms with Crippen LogP contribution in [-0.2, 0) is 11.2 Å². The molecular weight excluding hydrogens is 320 g/mol. The summed E-state index contributed by atoms with van der Waals surface area (Å²) < 4.78 is 5.83. The maximum absolute atomic E-state index is 12.2. The Hall–Kier alpha value is -3.25. The number of hydrogen-bond acceptors (Lipinski definition) is 5. The molecule has 0 saturated heterocycles. The molecule has 0 radical (unpaired) electrons. The van der Waals surface area contributed by atoms with Crippen LogP contribution in [0.25, 0.3) is 33.3 Å². The number of fused-ring (bicyclic) bond motifs is 4. The first-order chi connectivity index (χ1) is 12.0. The van der Waals surface area contributed by atoms with E-state index in [1.54, 1.807) is 30.3 Å². The van der Waals surface area contributed by atoms with Crippen LogP contribution in [0.2, 0.25) is 0 Å². The fourth-order valence-electron chi connectivity index (χ4n) is 2.94. The first-order valence-corrected chi connectivity index (χ1v) is 7.76. The molecule has 0 spiro atoms. The van der Waals surface area contributed by atoms with E-state index in [4.69, 9.17) is 15.3 Å². The number of aromatic nitrogens is 1. The van der Waals surface area contributed by atoms with Crippen molar-refractivity contribution in [2.45, 2.75) is 12.5 Å². The summed E-state index contributed by atoms with van der Waals surface area (Å²) in [5.41, 5.74) is 7.95. The lowest BCUT2D eigenvalue weighted by atomic mass is 10.0. The summed E-state index contributed by atoms with van der Waals surface area (Å²) >= 11 is 0. The Morgan fingerprint density at radius 2 is 1.92 bits per heavy atom. The lowest BCUT2D eigenvalue weighted by Gasteiger charge is -2.11. The maximum atomic E-state index is 12.2. The zero-order valence-electron chi connectivity index (χ0n) is 13.1. The van der Waals surface area contributed by atoms with Crippen molar-refractivity contribution >= 4 is 27.8 Å². The van der Waals surface area contributed by atoms with Gasteiger partial charge in [-0.05, 0) is 24.1 Å². The van der Waals surface area contributed by atoms with Gasteiger partial charge >= 0.3 is 5.97 Å². The number of carboxylic acids is 1. The van der Waals surface area contributed by atoms with Crippen molar-refractivity contribution in [3.05, 3.63) is 64.3 Å². The molecule has 6 heteroatoms. The van der Waals surface area contributed by atoms with Gasteiger partial charge in [-0.3, -0.25) is 9.59 Å². The number of rotatable bonds is 3. The highest BCUT2D eigenvalue weighted by atomic mass is 16.4. The van der Waals surface area contributed by atoms with E-state index in [1.807, 2.05) is 12.1 Å². The summed E-state index contributed by atoms with van der Waals surface area (Å²) in [6.45, 7) is 0. The Balaban J connectivity index is 1.94. The minimum atomic E-state index is -1.05. The van der Waals surface area contributed by atoms with Gasteiger partial charge in [0, 0.05) is 16.8 Å². The van der Waals surface area contributed by atoms with Crippen LogP contribution in [0.15, 0.2) is 57.7 Å². The molecule has 0 bridgehead atoms. The highest BCUT2D eigenvalue weighted by molar-refractivity contribution is 5.96. The second-order valence-corrected chi connectivity index (χ2v) is 5.93. The van der Waals surface area contributed by atoms with Crippen LogP contribution >= 0.6 is 0 Å². The second kappa shape index (κ2) is 5.68. The predicted octanol–water partition coefficient (Wildman–Crippen LogP) is 2.40. The van der Waals surface area contributed by atoms with E-state index in [9.17, 15) is 9.59 Å². The van der Waals surface area contributed by atoms with E-state index >= 15 is 0 Å². The fraction of sp³-hybridized carbons (Fsp3) is 0.105. The van der Waals surface area contributed by atoms with Crippen molar-refractivity contribution in [3.8, 4) is 11.5 Å². The van der Waals surface area contributed by atoms with Gasteiger partial charge in [-0.25, -0.2) is 4.98 Å². The Bertz CT molecular complexity index is 1150. The lowest BCUT2D eigenvalue weighted by molar-refractivity contribution is -0.138. The van der Waals surface area contributed by atoms with Crippen LogP contribution in [0.3, 0.4) is 0 Å². The molecule has 25 heavy (non-hydrogen) atoms. The predicted molar refractivity (Wildman–Crippen MR) is 93.7 cm³/mol. The molecule has 1 aliphatic heterocycles. The number of benzene rings is 3. The number of carbonyl (C=O) groups is 1. The van der Waals surface area contributed by atoms with Gasteiger partial charge in [0.05, 0.1) is 0 Å². The van der Waals surface area contributed by atoms with Crippen LogP contribution < -0.4 is 11.2 Å². The Morgan fingerprint density at radius 3 is 2.68 bits per heavy atom. The molecule has 124 valence electrons. The van der Waals surface area contributed by atoms with E-state index in [0.29, 0.717) is 27.9 Å². The number of carboxylic acid groups (broad SMARTS) is 1. The second-order valence-electron chi connectivity index (χ2n) is 5.93. The van der Waals surface area contributed by atoms with E-state index in [-0.39, 0.29) is 11.8 Å². The molecule has 0 unspecified atom stereocenters. The lowest BCUT2D eigenvalue weighted by Crippen LogP contribution is -2.32. The van der Waals surface area contributed by atoms with Crippen LogP contribution in [0.1, 0.15) is 5.56 Å². The van der Waals surface area contributed by atoms with Gasteiger partial charge in [0.2, 0.25) is 0 Å². The van der Waals surface area contributed by atoms with Crippen LogP contribution in [0.5, 0.6) is 0 Å². The van der Waals surface area contributed by atoms with Crippen molar-refractivity contribution in [2.24, 2.45) is 5.73 Å². The number of aliphatic carboxylic acids is 1. The van der Waals surface area contributed by atoms with Crippen LogP contribution in [0.4, 0.5) is 0 Å². The smallest absolute Gasteiger partial charge is 0.320 e. The monoisotopic (exact) mass is 334 g/mol. The first kappa shape index (κ1) is 15.3. The normalized spacial score (nSPS) is 12.7. The molecule has 4 rings (SSSR count). The highest BCUT2D eigenvalue weighted by Crippen LogP contribution is 2.30. The van der Waals surface area contributed by atoms with Gasteiger partial charge in [0.15, 0.2) is 16.8 Å². The van der Waals surface area contributed by atoms with Gasteiger partial charge in [-0.1, -0.05) is 30.3 Å². The van der Waals surface area contributed by atoms with Crippen molar-refractivity contribution in [1.82, 2.24) is 4.98 Å². The summed E-state index contributed by atoms with van der Waals surface area (Å²) in [5, 5.41) is 10.3. The molecule has 1 aliphatic carbocycles. The Kier molecular flexibility index (Phi) is 3.47. The highest BCUT2D eigenvalue weighted by Gasteiger charge is 2.17. The number of nitrogens with two attached hydrogens (primary N) is 1. The molecule has 0 amide bonds. The molecule has 0 saturated carbocycles. The molecule has 2 aromatic rings. The van der Waals surface area contributed by atoms with Crippen molar-refractivity contribution < 1.29 is 14.3 Å². The van der Waals surface area contributed by atoms with E-state index < -0.39 is 12.0 Å². The molecule has 1 atom stereocenters. The molecule has 2 aromatic carbocycles. The third-order valence-corrected chi connectivity index (χ3v) is 4.19. The van der Waals surface area contributed by atoms with Crippen LogP contribution in [0, 0.1) is 0 Å². The molecule has 1 heterocycles. The Labute approximate surface area is 141 Å². The topological polar surface area (TPSA) is 106 Å². The third kappa shape index (κ3) is 2.62. The zero-order valence-corrected chi connectivity index (χ0v) is 13.1. The van der Waals surface area contributed by atoms with Gasteiger partial charge in [-0.15, -0.1) is 0 Å². The zero-order chi connectivity index (χ0) is 17.6. The van der Waals surface area contributed by atoms with E-state index in [2.05, 4.69) is 4.98 Å². The minimum absolute atomic E-state index is 0.114. The third-order valence-electron chi connectivity index (χ3n) is 4.19. The van der Waals surface area contributed by atoms with Gasteiger partial charge < -0.3 is 15.3 Å². The van der Waals surface area contributed by atoms with E-state index in [0.717, 1.165) is 10.9 Å². The first-order valence-electron chi connectivity index (χ1n) is 7.76. The van der Waals surface area contributed by atoms with Crippen molar-refractivity contribution in [3.63, 3.8) is 0 Å². The molecule has 0 fully saturated rings. The number of nitrogens with zero attached hydrogens (tertiary/aromatic N) is 1. The Morgan fingerprint density at radius 1 is 1.16 bits per heavy atom. The fourth-order valence-corrected chi connectivity index (χ4v) is 2.94. The molecule has 0 aromatic heterocycles. The molecule has 3 N–H and O–H groups in total. The van der Waals surface area contributed by atoms with E-state index in [1.165, 1.54) is 6.07 Å². The van der Waals surface area contributed by atoms with Gasteiger partial charge in [0.25, 0.3) is 0 Å². The van der Waals surface area contributed by atoms with Crippen LogP contribution in [-0.4, -0.2) is 22.1 Å².